The number of benzene rings is 1. The average Bonchev–Trinajstić information content (AvgIpc) is 2.92. The number of aromatic nitrogens is 2. The summed E-state index contributed by atoms with van der Waals surface area (Å²) in [5.74, 6) is -0.463. The van der Waals surface area contributed by atoms with Crippen molar-refractivity contribution in [2.24, 2.45) is 0 Å². The fourth-order valence-corrected chi connectivity index (χ4v) is 2.14. The van der Waals surface area contributed by atoms with Gasteiger partial charge in [0.15, 0.2) is 0 Å². The molecule has 118 valence electrons. The second-order valence-electron chi connectivity index (χ2n) is 4.88. The van der Waals surface area contributed by atoms with Gasteiger partial charge in [-0.05, 0) is 31.2 Å². The van der Waals surface area contributed by atoms with Crippen molar-refractivity contribution < 1.29 is 18.0 Å². The molecule has 0 bridgehead atoms. The fraction of sp³-hybridized carbons (Fsp3) is 0.333. The summed E-state index contributed by atoms with van der Waals surface area (Å²) in [5, 5.41) is 4.10. The third kappa shape index (κ3) is 3.47. The summed E-state index contributed by atoms with van der Waals surface area (Å²) in [5.41, 5.74) is 0.00978. The topological polar surface area (TPSA) is 38.1 Å². The molecule has 0 N–H and O–H groups in total. The number of aryl methyl sites for hydroxylation is 1. The van der Waals surface area contributed by atoms with Crippen molar-refractivity contribution in [3.8, 4) is 0 Å². The molecule has 0 fully saturated rings. The molecule has 0 aliphatic rings. The van der Waals surface area contributed by atoms with Gasteiger partial charge in [0.2, 0.25) is 0 Å². The van der Waals surface area contributed by atoms with Crippen LogP contribution >= 0.6 is 0 Å². The smallest absolute Gasteiger partial charge is 0.336 e. The minimum Gasteiger partial charge on any atom is -0.336 e. The first-order valence-corrected chi connectivity index (χ1v) is 6.76. The molecule has 1 heterocycles. The Morgan fingerprint density at radius 3 is 2.68 bits per heavy atom. The van der Waals surface area contributed by atoms with E-state index < -0.39 is 17.6 Å². The van der Waals surface area contributed by atoms with Crippen LogP contribution in [0.4, 0.5) is 13.2 Å². The van der Waals surface area contributed by atoms with E-state index >= 15 is 0 Å². The Morgan fingerprint density at radius 2 is 2.05 bits per heavy atom. The van der Waals surface area contributed by atoms with Gasteiger partial charge in [-0.25, -0.2) is 0 Å². The highest BCUT2D eigenvalue weighted by molar-refractivity contribution is 5.94. The van der Waals surface area contributed by atoms with Crippen LogP contribution in [0.15, 0.2) is 36.5 Å². The van der Waals surface area contributed by atoms with Gasteiger partial charge in [0.05, 0.1) is 17.8 Å². The number of halogens is 3. The average molecular weight is 311 g/mol. The molecular formula is C15H16F3N3O. The number of amides is 1. The standard InChI is InChI=1S/C15H16F3N3O/c1-3-21-13(7-8-19-21)10-20(2)14(22)11-5-4-6-12(9-11)15(16,17)18/h4-9H,3,10H2,1-2H3. The quantitative estimate of drug-likeness (QED) is 0.869. The fourth-order valence-electron chi connectivity index (χ4n) is 2.14. The van der Waals surface area contributed by atoms with Crippen molar-refractivity contribution in [2.75, 3.05) is 7.05 Å². The van der Waals surface area contributed by atoms with Crippen LogP contribution in [0.25, 0.3) is 0 Å². The van der Waals surface area contributed by atoms with E-state index in [2.05, 4.69) is 5.10 Å². The largest absolute Gasteiger partial charge is 0.416 e. The zero-order chi connectivity index (χ0) is 16.3. The molecule has 0 radical (unpaired) electrons. The van der Waals surface area contributed by atoms with Crippen LogP contribution in [0.3, 0.4) is 0 Å². The molecule has 1 amide bonds. The van der Waals surface area contributed by atoms with Crippen molar-refractivity contribution in [3.63, 3.8) is 0 Å². The van der Waals surface area contributed by atoms with Crippen molar-refractivity contribution in [1.82, 2.24) is 14.7 Å². The van der Waals surface area contributed by atoms with Gasteiger partial charge in [0.25, 0.3) is 5.91 Å². The summed E-state index contributed by atoms with van der Waals surface area (Å²) in [7, 11) is 1.55. The van der Waals surface area contributed by atoms with Gasteiger partial charge in [0.1, 0.15) is 0 Å². The monoisotopic (exact) mass is 311 g/mol. The van der Waals surface area contributed by atoms with E-state index in [1.54, 1.807) is 24.0 Å². The van der Waals surface area contributed by atoms with Crippen LogP contribution in [-0.4, -0.2) is 27.6 Å². The highest BCUT2D eigenvalue weighted by atomic mass is 19.4. The van der Waals surface area contributed by atoms with E-state index in [-0.39, 0.29) is 12.1 Å². The third-order valence-corrected chi connectivity index (χ3v) is 3.29. The van der Waals surface area contributed by atoms with Gasteiger partial charge >= 0.3 is 6.18 Å². The van der Waals surface area contributed by atoms with E-state index in [1.807, 2.05) is 6.92 Å². The molecule has 1 aromatic carbocycles. The van der Waals surface area contributed by atoms with Crippen molar-refractivity contribution >= 4 is 5.91 Å². The summed E-state index contributed by atoms with van der Waals surface area (Å²) in [6.07, 6.45) is -2.84. The molecule has 0 aliphatic heterocycles. The maximum absolute atomic E-state index is 12.7. The van der Waals surface area contributed by atoms with Gasteiger partial charge in [0, 0.05) is 25.4 Å². The minimum absolute atomic E-state index is 0.0138. The van der Waals surface area contributed by atoms with Crippen LogP contribution in [0.1, 0.15) is 28.5 Å². The second-order valence-corrected chi connectivity index (χ2v) is 4.88. The zero-order valence-corrected chi connectivity index (χ0v) is 12.3. The molecule has 0 saturated carbocycles. The van der Waals surface area contributed by atoms with Gasteiger partial charge in [-0.1, -0.05) is 6.07 Å². The summed E-state index contributed by atoms with van der Waals surface area (Å²) in [6, 6.07) is 6.21. The second kappa shape index (κ2) is 6.21. The lowest BCUT2D eigenvalue weighted by Gasteiger charge is -2.18. The summed E-state index contributed by atoms with van der Waals surface area (Å²) < 4.78 is 39.8. The third-order valence-electron chi connectivity index (χ3n) is 3.29. The first-order valence-electron chi connectivity index (χ1n) is 6.76. The van der Waals surface area contributed by atoms with Crippen LogP contribution in [0.5, 0.6) is 0 Å². The normalized spacial score (nSPS) is 11.5. The SMILES string of the molecule is CCn1nccc1CN(C)C(=O)c1cccc(C(F)(F)F)c1. The highest BCUT2D eigenvalue weighted by Gasteiger charge is 2.31. The molecule has 1 aromatic heterocycles. The minimum atomic E-state index is -4.46. The number of carbonyl (C=O) groups excluding carboxylic acids is 1. The lowest BCUT2D eigenvalue weighted by molar-refractivity contribution is -0.137. The molecule has 22 heavy (non-hydrogen) atoms. The predicted octanol–water partition coefficient (Wildman–Crippen LogP) is 3.19. The number of hydrogen-bond donors (Lipinski definition) is 0. The molecule has 0 unspecified atom stereocenters. The zero-order valence-electron chi connectivity index (χ0n) is 12.3. The molecule has 0 spiro atoms. The molecule has 0 atom stereocenters. The van der Waals surface area contributed by atoms with Crippen molar-refractivity contribution in [2.45, 2.75) is 26.2 Å². The first-order chi connectivity index (χ1) is 10.3. The van der Waals surface area contributed by atoms with Crippen molar-refractivity contribution in [1.29, 1.82) is 0 Å². The first kappa shape index (κ1) is 16.1. The Hall–Kier alpha value is -2.31. The molecule has 4 nitrogen and oxygen atoms in total. The van der Waals surface area contributed by atoms with Gasteiger partial charge < -0.3 is 4.90 Å². The summed E-state index contributed by atoms with van der Waals surface area (Å²) in [6.45, 7) is 2.86. The number of alkyl halides is 3. The predicted molar refractivity (Wildman–Crippen MR) is 75.1 cm³/mol. The number of carbonyl (C=O) groups is 1. The summed E-state index contributed by atoms with van der Waals surface area (Å²) in [4.78, 5) is 13.7. The molecule has 7 heteroatoms. The molecular weight excluding hydrogens is 295 g/mol. The highest BCUT2D eigenvalue weighted by Crippen LogP contribution is 2.29. The van der Waals surface area contributed by atoms with E-state index in [0.29, 0.717) is 6.54 Å². The maximum atomic E-state index is 12.7. The molecule has 2 aromatic rings. The summed E-state index contributed by atoms with van der Waals surface area (Å²) >= 11 is 0. The number of rotatable bonds is 4. The van der Waals surface area contributed by atoms with Crippen LogP contribution in [-0.2, 0) is 19.3 Å². The Balaban J connectivity index is 2.17. The Kier molecular flexibility index (Phi) is 4.54. The van der Waals surface area contributed by atoms with Gasteiger partial charge in [-0.15, -0.1) is 0 Å². The molecule has 0 aliphatic carbocycles. The number of hydrogen-bond acceptors (Lipinski definition) is 2. The van der Waals surface area contributed by atoms with Crippen LogP contribution in [0.2, 0.25) is 0 Å². The Labute approximate surface area is 126 Å². The van der Waals surface area contributed by atoms with E-state index in [9.17, 15) is 18.0 Å². The van der Waals surface area contributed by atoms with E-state index in [1.165, 1.54) is 17.0 Å². The lowest BCUT2D eigenvalue weighted by atomic mass is 10.1. The number of nitrogens with zero attached hydrogens (tertiary/aromatic N) is 3. The Bertz CT molecular complexity index is 664. The molecule has 0 saturated heterocycles. The van der Waals surface area contributed by atoms with Crippen LogP contribution < -0.4 is 0 Å². The van der Waals surface area contributed by atoms with Gasteiger partial charge in [-0.2, -0.15) is 18.3 Å². The van der Waals surface area contributed by atoms with E-state index in [0.717, 1.165) is 17.8 Å². The van der Waals surface area contributed by atoms with Crippen LogP contribution in [0, 0.1) is 0 Å². The van der Waals surface area contributed by atoms with E-state index in [4.69, 9.17) is 0 Å². The maximum Gasteiger partial charge on any atom is 0.416 e. The van der Waals surface area contributed by atoms with Crippen molar-refractivity contribution in [3.05, 3.63) is 53.3 Å². The molecule has 2 rings (SSSR count). The van der Waals surface area contributed by atoms with Gasteiger partial charge in [-0.3, -0.25) is 9.48 Å². The lowest BCUT2D eigenvalue weighted by Crippen LogP contribution is -2.27. The Morgan fingerprint density at radius 1 is 1.32 bits per heavy atom.